The number of nitrogens with zero attached hydrogens (tertiary/aromatic N) is 3. The van der Waals surface area contributed by atoms with Crippen molar-refractivity contribution < 1.29 is 4.79 Å². The minimum absolute atomic E-state index is 0.0210. The fraction of sp³-hybridized carbons (Fsp3) is 0.700. The molecular weight excluding hydrogens is 224 g/mol. The molecule has 16 heavy (non-hydrogen) atoms. The maximum atomic E-state index is 12.1. The molecule has 1 aromatic rings. The Bertz CT molecular complexity index is 379. The zero-order valence-electron chi connectivity index (χ0n) is 9.35. The van der Waals surface area contributed by atoms with Crippen molar-refractivity contribution in [2.45, 2.75) is 26.2 Å². The van der Waals surface area contributed by atoms with Gasteiger partial charge in [0.15, 0.2) is 0 Å². The molecule has 88 valence electrons. The third-order valence-corrected chi connectivity index (χ3v) is 3.75. The van der Waals surface area contributed by atoms with Gasteiger partial charge in [-0.05, 0) is 18.8 Å². The van der Waals surface area contributed by atoms with Crippen LogP contribution in [-0.2, 0) is 0 Å². The molecule has 2 N–H and O–H groups in total. The normalized spacial score (nSPS) is 21.1. The van der Waals surface area contributed by atoms with E-state index in [0.29, 0.717) is 16.1 Å². The van der Waals surface area contributed by atoms with E-state index in [1.54, 1.807) is 0 Å². The first-order chi connectivity index (χ1) is 7.70. The summed E-state index contributed by atoms with van der Waals surface area (Å²) in [6.45, 7) is 3.84. The number of aromatic nitrogens is 2. The molecule has 0 saturated carbocycles. The predicted molar refractivity (Wildman–Crippen MR) is 63.2 cm³/mol. The van der Waals surface area contributed by atoms with Crippen LogP contribution in [0.25, 0.3) is 0 Å². The van der Waals surface area contributed by atoms with Crippen molar-refractivity contribution >= 4 is 22.4 Å². The third kappa shape index (κ3) is 2.32. The molecule has 1 aliphatic heterocycles. The molecular formula is C10H16N4OS. The van der Waals surface area contributed by atoms with Crippen LogP contribution in [0.15, 0.2) is 0 Å². The predicted octanol–water partition coefficient (Wildman–Crippen LogP) is 1.38. The molecule has 0 bridgehead atoms. The molecule has 1 aliphatic rings. The maximum Gasteiger partial charge on any atom is 0.284 e. The van der Waals surface area contributed by atoms with Crippen molar-refractivity contribution in [2.24, 2.45) is 5.92 Å². The molecule has 6 heteroatoms. The van der Waals surface area contributed by atoms with Crippen molar-refractivity contribution in [3.63, 3.8) is 0 Å². The van der Waals surface area contributed by atoms with Crippen LogP contribution < -0.4 is 5.73 Å². The van der Waals surface area contributed by atoms with Gasteiger partial charge in [-0.15, -0.1) is 10.2 Å². The van der Waals surface area contributed by atoms with Gasteiger partial charge in [-0.3, -0.25) is 4.79 Å². The van der Waals surface area contributed by atoms with Crippen LogP contribution in [0.5, 0.6) is 0 Å². The molecule has 5 nitrogen and oxygen atoms in total. The lowest BCUT2D eigenvalue weighted by Gasteiger charge is -2.31. The van der Waals surface area contributed by atoms with Crippen LogP contribution in [0.1, 0.15) is 36.0 Å². The van der Waals surface area contributed by atoms with E-state index in [4.69, 9.17) is 5.73 Å². The number of rotatable bonds is 2. The highest BCUT2D eigenvalue weighted by Crippen LogP contribution is 2.22. The second-order valence-electron chi connectivity index (χ2n) is 4.11. The van der Waals surface area contributed by atoms with Gasteiger partial charge in [0, 0.05) is 13.1 Å². The van der Waals surface area contributed by atoms with E-state index in [0.717, 1.165) is 37.3 Å². The molecule has 1 saturated heterocycles. The summed E-state index contributed by atoms with van der Waals surface area (Å²) in [5.41, 5.74) is 5.47. The molecule has 0 radical (unpaired) electrons. The summed E-state index contributed by atoms with van der Waals surface area (Å²) < 4.78 is 0. The third-order valence-electron chi connectivity index (χ3n) is 3.01. The highest BCUT2D eigenvalue weighted by Gasteiger charge is 2.25. The average molecular weight is 240 g/mol. The zero-order valence-corrected chi connectivity index (χ0v) is 10.2. The zero-order chi connectivity index (χ0) is 11.5. The number of nitrogen functional groups attached to an aromatic ring is 1. The van der Waals surface area contributed by atoms with Gasteiger partial charge in [-0.1, -0.05) is 24.7 Å². The monoisotopic (exact) mass is 240 g/mol. The van der Waals surface area contributed by atoms with Gasteiger partial charge in [-0.2, -0.15) is 0 Å². The highest BCUT2D eigenvalue weighted by atomic mass is 32.1. The summed E-state index contributed by atoms with van der Waals surface area (Å²) >= 11 is 1.16. The van der Waals surface area contributed by atoms with Gasteiger partial charge < -0.3 is 10.6 Å². The summed E-state index contributed by atoms with van der Waals surface area (Å²) in [4.78, 5) is 13.9. The number of carbonyl (C=O) groups is 1. The lowest BCUT2D eigenvalue weighted by molar-refractivity contribution is 0.0670. The van der Waals surface area contributed by atoms with E-state index >= 15 is 0 Å². The smallest absolute Gasteiger partial charge is 0.284 e. The topological polar surface area (TPSA) is 72.1 Å². The second kappa shape index (κ2) is 4.78. The van der Waals surface area contributed by atoms with Gasteiger partial charge in [0.1, 0.15) is 0 Å². The first-order valence-electron chi connectivity index (χ1n) is 5.59. The Balaban J connectivity index is 2.04. The van der Waals surface area contributed by atoms with Crippen LogP contribution in [0, 0.1) is 5.92 Å². The first kappa shape index (κ1) is 11.3. The molecule has 2 heterocycles. The van der Waals surface area contributed by atoms with Gasteiger partial charge in [0.2, 0.25) is 10.1 Å². The summed E-state index contributed by atoms with van der Waals surface area (Å²) in [6.07, 6.45) is 3.43. The fourth-order valence-electron chi connectivity index (χ4n) is 2.04. The first-order valence-corrected chi connectivity index (χ1v) is 6.40. The van der Waals surface area contributed by atoms with E-state index in [2.05, 4.69) is 17.1 Å². The number of carbonyl (C=O) groups excluding carboxylic acids is 1. The van der Waals surface area contributed by atoms with E-state index in [9.17, 15) is 4.79 Å². The minimum atomic E-state index is -0.0210. The lowest BCUT2D eigenvalue weighted by Crippen LogP contribution is -2.39. The molecule has 0 aromatic carbocycles. The van der Waals surface area contributed by atoms with Gasteiger partial charge in [0.25, 0.3) is 5.91 Å². The lowest BCUT2D eigenvalue weighted by atomic mass is 9.96. The van der Waals surface area contributed by atoms with Crippen LogP contribution in [0.4, 0.5) is 5.13 Å². The molecule has 0 aliphatic carbocycles. The summed E-state index contributed by atoms with van der Waals surface area (Å²) in [6, 6.07) is 0. The molecule has 1 fully saturated rings. The molecule has 2 rings (SSSR count). The Morgan fingerprint density at radius 2 is 2.44 bits per heavy atom. The number of piperidine rings is 1. The number of hydrogen-bond donors (Lipinski definition) is 1. The van der Waals surface area contributed by atoms with E-state index in [1.165, 1.54) is 6.42 Å². The van der Waals surface area contributed by atoms with Crippen molar-refractivity contribution in [2.75, 3.05) is 18.8 Å². The maximum absolute atomic E-state index is 12.1. The van der Waals surface area contributed by atoms with E-state index in [1.807, 2.05) is 4.90 Å². The quantitative estimate of drug-likeness (QED) is 0.847. The van der Waals surface area contributed by atoms with E-state index in [-0.39, 0.29) is 5.91 Å². The fourth-order valence-corrected chi connectivity index (χ4v) is 2.62. The van der Waals surface area contributed by atoms with Crippen molar-refractivity contribution in [1.29, 1.82) is 0 Å². The molecule has 0 spiro atoms. The number of likely N-dealkylation sites (tertiary alicyclic amines) is 1. The number of anilines is 1. The van der Waals surface area contributed by atoms with Crippen LogP contribution in [0.3, 0.4) is 0 Å². The van der Waals surface area contributed by atoms with Crippen molar-refractivity contribution in [3.05, 3.63) is 5.01 Å². The molecule has 1 atom stereocenters. The number of amides is 1. The van der Waals surface area contributed by atoms with Crippen molar-refractivity contribution in [1.82, 2.24) is 15.1 Å². The highest BCUT2D eigenvalue weighted by molar-refractivity contribution is 7.16. The van der Waals surface area contributed by atoms with Crippen LogP contribution >= 0.6 is 11.3 Å². The largest absolute Gasteiger partial charge is 0.374 e. The summed E-state index contributed by atoms with van der Waals surface area (Å²) in [5.74, 6) is 0.607. The van der Waals surface area contributed by atoms with Gasteiger partial charge in [0.05, 0.1) is 0 Å². The van der Waals surface area contributed by atoms with Crippen molar-refractivity contribution in [3.8, 4) is 0 Å². The Morgan fingerprint density at radius 3 is 3.06 bits per heavy atom. The van der Waals surface area contributed by atoms with E-state index < -0.39 is 0 Å². The van der Waals surface area contributed by atoms with Gasteiger partial charge in [-0.25, -0.2) is 0 Å². The Morgan fingerprint density at radius 1 is 1.62 bits per heavy atom. The number of nitrogens with two attached hydrogens (primary N) is 1. The Labute approximate surface area is 98.7 Å². The minimum Gasteiger partial charge on any atom is -0.374 e. The SMILES string of the molecule is CCC1CCCN(C(=O)c2nnc(N)s2)C1. The Hall–Kier alpha value is -1.17. The average Bonchev–Trinajstić information content (AvgIpc) is 2.75. The summed E-state index contributed by atoms with van der Waals surface area (Å²) in [7, 11) is 0. The van der Waals surface area contributed by atoms with Crippen LogP contribution in [0.2, 0.25) is 0 Å². The molecule has 1 amide bonds. The standard InChI is InChI=1S/C10H16N4OS/c1-2-7-4-3-5-14(6-7)9(15)8-12-13-10(11)16-8/h7H,2-6H2,1H3,(H2,11,13). The Kier molecular flexibility index (Phi) is 3.38. The van der Waals surface area contributed by atoms with Crippen LogP contribution in [-0.4, -0.2) is 34.1 Å². The second-order valence-corrected chi connectivity index (χ2v) is 5.12. The molecule has 1 aromatic heterocycles. The summed E-state index contributed by atoms with van der Waals surface area (Å²) in [5, 5.41) is 8.23. The molecule has 1 unspecified atom stereocenters. The van der Waals surface area contributed by atoms with Gasteiger partial charge >= 0.3 is 0 Å². The number of hydrogen-bond acceptors (Lipinski definition) is 5.